The first-order chi connectivity index (χ1) is 10.3. The van der Waals surface area contributed by atoms with E-state index in [1.54, 1.807) is 11.3 Å². The van der Waals surface area contributed by atoms with Crippen LogP contribution in [0.25, 0.3) is 10.2 Å². The Bertz CT molecular complexity index is 780. The third-order valence-electron chi connectivity index (χ3n) is 4.41. The molecule has 1 aromatic carbocycles. The number of hydrazine groups is 1. The van der Waals surface area contributed by atoms with Gasteiger partial charge in [-0.2, -0.15) is 0 Å². The first kappa shape index (κ1) is 13.0. The molecule has 3 N–H and O–H groups in total. The highest BCUT2D eigenvalue weighted by Gasteiger charge is 2.28. The molecule has 0 bridgehead atoms. The van der Waals surface area contributed by atoms with Crippen molar-refractivity contribution in [1.29, 1.82) is 0 Å². The Kier molecular flexibility index (Phi) is 3.22. The number of thiophene rings is 1. The Balaban J connectivity index is 1.58. The molecule has 4 rings (SSSR count). The summed E-state index contributed by atoms with van der Waals surface area (Å²) in [5, 5.41) is 2.08. The Morgan fingerprint density at radius 3 is 3.10 bits per heavy atom. The monoisotopic (exact) mass is 295 g/mol. The Morgan fingerprint density at radius 2 is 2.24 bits per heavy atom. The zero-order chi connectivity index (χ0) is 14.2. The van der Waals surface area contributed by atoms with Gasteiger partial charge >= 0.3 is 0 Å². The van der Waals surface area contributed by atoms with Gasteiger partial charge in [0.25, 0.3) is 0 Å². The summed E-state index contributed by atoms with van der Waals surface area (Å²) in [6.07, 6.45) is 4.12. The normalized spacial score (nSPS) is 18.2. The third kappa shape index (κ3) is 2.25. The van der Waals surface area contributed by atoms with Gasteiger partial charge in [0, 0.05) is 12.2 Å². The van der Waals surface area contributed by atoms with E-state index < -0.39 is 0 Å². The summed E-state index contributed by atoms with van der Waals surface area (Å²) in [5.41, 5.74) is 8.16. The summed E-state index contributed by atoms with van der Waals surface area (Å²) < 4.78 is 1.22. The van der Waals surface area contributed by atoms with E-state index in [9.17, 15) is 0 Å². The molecule has 1 aliphatic carbocycles. The van der Waals surface area contributed by atoms with E-state index in [1.807, 2.05) is 6.20 Å². The predicted molar refractivity (Wildman–Crippen MR) is 87.2 cm³/mol. The number of nitrogens with two attached hydrogens (primary N) is 1. The highest BCUT2D eigenvalue weighted by atomic mass is 32.1. The first-order valence-electron chi connectivity index (χ1n) is 7.22. The van der Waals surface area contributed by atoms with Gasteiger partial charge in [0.05, 0.1) is 10.2 Å². The van der Waals surface area contributed by atoms with Crippen LogP contribution in [-0.2, 0) is 6.42 Å². The molecule has 1 aliphatic rings. The summed E-state index contributed by atoms with van der Waals surface area (Å²) in [6, 6.07) is 13.1. The molecule has 2 heterocycles. The number of rotatable bonds is 4. The van der Waals surface area contributed by atoms with Crippen molar-refractivity contribution in [2.45, 2.75) is 24.8 Å². The standard InChI is InChI=1S/C17H17N3S/c18-20-16(8-12-7-11-3-1-2-4-14(11)12)13-9-17-15(19-10-13)5-6-21-17/h1-6,9-10,12,16,20H,7-8,18H2. The van der Waals surface area contributed by atoms with Gasteiger partial charge in [-0.1, -0.05) is 24.3 Å². The number of aromatic nitrogens is 1. The molecule has 2 aromatic heterocycles. The largest absolute Gasteiger partial charge is 0.271 e. The van der Waals surface area contributed by atoms with Gasteiger partial charge in [-0.25, -0.2) is 0 Å². The lowest BCUT2D eigenvalue weighted by Crippen LogP contribution is -2.31. The number of benzene rings is 1. The van der Waals surface area contributed by atoms with E-state index in [-0.39, 0.29) is 6.04 Å². The quantitative estimate of drug-likeness (QED) is 0.572. The van der Waals surface area contributed by atoms with Gasteiger partial charge < -0.3 is 0 Å². The SMILES string of the molecule is NNC(CC1Cc2ccccc21)c1cnc2ccsc2c1. The lowest BCUT2D eigenvalue weighted by atomic mass is 9.74. The molecular weight excluding hydrogens is 278 g/mol. The van der Waals surface area contributed by atoms with Crippen LogP contribution in [0.2, 0.25) is 0 Å². The molecular formula is C17H17N3S. The summed E-state index contributed by atoms with van der Waals surface area (Å²) in [6.45, 7) is 0. The highest BCUT2D eigenvalue weighted by Crippen LogP contribution is 2.40. The number of hydrogen-bond acceptors (Lipinski definition) is 4. The average molecular weight is 295 g/mol. The van der Waals surface area contributed by atoms with E-state index >= 15 is 0 Å². The fraction of sp³-hybridized carbons (Fsp3) is 0.235. The van der Waals surface area contributed by atoms with E-state index in [2.05, 4.69) is 52.2 Å². The molecule has 0 aliphatic heterocycles. The van der Waals surface area contributed by atoms with Crippen LogP contribution in [0.1, 0.15) is 35.1 Å². The summed E-state index contributed by atoms with van der Waals surface area (Å²) in [4.78, 5) is 4.52. The highest BCUT2D eigenvalue weighted by molar-refractivity contribution is 7.17. The third-order valence-corrected chi connectivity index (χ3v) is 5.26. The second-order valence-corrected chi connectivity index (χ2v) is 6.58. The fourth-order valence-corrected chi connectivity index (χ4v) is 4.00. The smallest absolute Gasteiger partial charge is 0.0809 e. The number of nitrogens with zero attached hydrogens (tertiary/aromatic N) is 1. The van der Waals surface area contributed by atoms with E-state index in [4.69, 9.17) is 5.84 Å². The zero-order valence-corrected chi connectivity index (χ0v) is 12.4. The number of nitrogens with one attached hydrogen (secondary N) is 1. The second-order valence-electron chi connectivity index (χ2n) is 5.63. The summed E-state index contributed by atoms with van der Waals surface area (Å²) in [7, 11) is 0. The Hall–Kier alpha value is -1.75. The van der Waals surface area contributed by atoms with Crippen molar-refractivity contribution >= 4 is 21.6 Å². The Labute approximate surface area is 127 Å². The van der Waals surface area contributed by atoms with Crippen molar-refractivity contribution < 1.29 is 0 Å². The lowest BCUT2D eigenvalue weighted by molar-refractivity contribution is 0.435. The van der Waals surface area contributed by atoms with Crippen molar-refractivity contribution in [3.63, 3.8) is 0 Å². The van der Waals surface area contributed by atoms with Crippen molar-refractivity contribution in [3.8, 4) is 0 Å². The van der Waals surface area contributed by atoms with E-state index in [0.29, 0.717) is 5.92 Å². The van der Waals surface area contributed by atoms with Gasteiger partial charge in [-0.05, 0) is 53.0 Å². The topological polar surface area (TPSA) is 50.9 Å². The van der Waals surface area contributed by atoms with Crippen LogP contribution in [0.5, 0.6) is 0 Å². The van der Waals surface area contributed by atoms with Gasteiger partial charge in [-0.15, -0.1) is 11.3 Å². The van der Waals surface area contributed by atoms with Crippen molar-refractivity contribution in [2.75, 3.05) is 0 Å². The maximum Gasteiger partial charge on any atom is 0.0809 e. The zero-order valence-electron chi connectivity index (χ0n) is 11.6. The van der Waals surface area contributed by atoms with E-state index in [1.165, 1.54) is 21.4 Å². The second kappa shape index (κ2) is 5.22. The maximum atomic E-state index is 5.80. The van der Waals surface area contributed by atoms with Gasteiger partial charge in [0.2, 0.25) is 0 Å². The Morgan fingerprint density at radius 1 is 1.33 bits per heavy atom. The number of pyridine rings is 1. The molecule has 0 fully saturated rings. The van der Waals surface area contributed by atoms with Crippen LogP contribution < -0.4 is 11.3 Å². The van der Waals surface area contributed by atoms with Gasteiger partial charge in [0.1, 0.15) is 0 Å². The fourth-order valence-electron chi connectivity index (χ4n) is 3.21. The molecule has 3 aromatic rings. The predicted octanol–water partition coefficient (Wildman–Crippen LogP) is 3.53. The van der Waals surface area contributed by atoms with Crippen molar-refractivity contribution in [2.24, 2.45) is 5.84 Å². The van der Waals surface area contributed by atoms with Crippen LogP contribution >= 0.6 is 11.3 Å². The van der Waals surface area contributed by atoms with Gasteiger partial charge in [-0.3, -0.25) is 16.3 Å². The van der Waals surface area contributed by atoms with Crippen LogP contribution in [0, 0.1) is 0 Å². The minimum absolute atomic E-state index is 0.155. The average Bonchev–Trinajstić information content (AvgIpc) is 2.96. The summed E-state index contributed by atoms with van der Waals surface area (Å²) in [5.74, 6) is 6.40. The molecule has 0 amide bonds. The van der Waals surface area contributed by atoms with E-state index in [0.717, 1.165) is 18.4 Å². The molecule has 0 spiro atoms. The number of fused-ring (bicyclic) bond motifs is 2. The van der Waals surface area contributed by atoms with Crippen LogP contribution in [0.4, 0.5) is 0 Å². The maximum absolute atomic E-state index is 5.80. The number of hydrogen-bond donors (Lipinski definition) is 2. The van der Waals surface area contributed by atoms with Crippen LogP contribution in [-0.4, -0.2) is 4.98 Å². The minimum Gasteiger partial charge on any atom is -0.271 e. The molecule has 4 heteroatoms. The molecule has 3 nitrogen and oxygen atoms in total. The summed E-state index contributed by atoms with van der Waals surface area (Å²) >= 11 is 1.73. The van der Waals surface area contributed by atoms with Crippen LogP contribution in [0.15, 0.2) is 48.0 Å². The first-order valence-corrected chi connectivity index (χ1v) is 8.10. The van der Waals surface area contributed by atoms with Crippen molar-refractivity contribution in [1.82, 2.24) is 10.4 Å². The molecule has 21 heavy (non-hydrogen) atoms. The lowest BCUT2D eigenvalue weighted by Gasteiger charge is -2.33. The minimum atomic E-state index is 0.155. The molecule has 0 saturated heterocycles. The molecule has 2 unspecified atom stereocenters. The molecule has 0 radical (unpaired) electrons. The van der Waals surface area contributed by atoms with Gasteiger partial charge in [0.15, 0.2) is 0 Å². The van der Waals surface area contributed by atoms with Crippen LogP contribution in [0.3, 0.4) is 0 Å². The molecule has 0 saturated carbocycles. The molecule has 2 atom stereocenters. The molecule has 106 valence electrons. The van der Waals surface area contributed by atoms with Crippen molar-refractivity contribution in [3.05, 3.63) is 64.7 Å².